The van der Waals surface area contributed by atoms with E-state index in [0.29, 0.717) is 17.0 Å². The largest absolute Gasteiger partial charge is 0.497 e. The monoisotopic (exact) mass is 380 g/mol. The highest BCUT2D eigenvalue weighted by Gasteiger charge is 2.28. The van der Waals surface area contributed by atoms with Gasteiger partial charge in [0, 0.05) is 18.4 Å². The van der Waals surface area contributed by atoms with Gasteiger partial charge < -0.3 is 9.47 Å². The summed E-state index contributed by atoms with van der Waals surface area (Å²) in [5, 5.41) is 5.33. The third-order valence-electron chi connectivity index (χ3n) is 4.30. The van der Waals surface area contributed by atoms with Gasteiger partial charge in [-0.05, 0) is 43.3 Å². The van der Waals surface area contributed by atoms with Crippen LogP contribution < -0.4 is 9.75 Å². The van der Waals surface area contributed by atoms with Gasteiger partial charge >= 0.3 is 5.97 Å². The Kier molecular flexibility index (Phi) is 5.84. The number of Topliss-reactive ketones (excluding diaryl/α,β-unsaturated/α-hetero) is 1. The predicted molar refractivity (Wildman–Crippen MR) is 103 cm³/mol. The summed E-state index contributed by atoms with van der Waals surface area (Å²) in [6.07, 6.45) is -0.667. The maximum Gasteiger partial charge on any atom is 0.355 e. The minimum absolute atomic E-state index is 0.109. The molecular formula is C21H20N2O5. The summed E-state index contributed by atoms with van der Waals surface area (Å²) in [6.45, 7) is 1.51. The van der Waals surface area contributed by atoms with Gasteiger partial charge in [0.15, 0.2) is 6.10 Å². The van der Waals surface area contributed by atoms with E-state index >= 15 is 0 Å². The number of methoxy groups -OCH3 is 1. The number of ketones is 1. The second kappa shape index (κ2) is 8.47. The Bertz CT molecular complexity index is 906. The van der Waals surface area contributed by atoms with E-state index in [0.717, 1.165) is 0 Å². The number of amides is 1. The normalized spacial score (nSPS) is 14.9. The highest BCUT2D eigenvalue weighted by Crippen LogP contribution is 2.20. The fourth-order valence-corrected chi connectivity index (χ4v) is 2.74. The highest BCUT2D eigenvalue weighted by atomic mass is 16.5. The fraction of sp³-hybridized carbons (Fsp3) is 0.238. The molecule has 2 aromatic rings. The molecule has 0 N–H and O–H groups in total. The summed E-state index contributed by atoms with van der Waals surface area (Å²) in [5.41, 5.74) is 1.09. The number of hydrogen-bond donors (Lipinski definition) is 0. The van der Waals surface area contributed by atoms with E-state index in [4.69, 9.17) is 9.47 Å². The maximum atomic E-state index is 12.5. The van der Waals surface area contributed by atoms with E-state index in [1.807, 2.05) is 6.07 Å². The molecule has 0 aromatic heterocycles. The fourth-order valence-electron chi connectivity index (χ4n) is 2.74. The van der Waals surface area contributed by atoms with E-state index in [1.165, 1.54) is 19.0 Å². The van der Waals surface area contributed by atoms with Gasteiger partial charge in [0.1, 0.15) is 11.5 Å². The van der Waals surface area contributed by atoms with Crippen molar-refractivity contribution in [2.45, 2.75) is 25.9 Å². The van der Waals surface area contributed by atoms with Gasteiger partial charge in [-0.1, -0.05) is 18.2 Å². The van der Waals surface area contributed by atoms with Crippen LogP contribution in [0.4, 0.5) is 5.69 Å². The molecule has 3 rings (SSSR count). The quantitative estimate of drug-likeness (QED) is 0.568. The van der Waals surface area contributed by atoms with Crippen molar-refractivity contribution in [1.29, 1.82) is 0 Å². The van der Waals surface area contributed by atoms with Gasteiger partial charge in [0.2, 0.25) is 11.7 Å². The standard InChI is InChI=1S/C21H20N2O5/c1-14(20(25)15-8-10-17(27-2)11-9-15)28-21(26)18-12-13-19(24)23(22-18)16-6-4-3-5-7-16/h3-11,14H,12-13H2,1-2H3/t14-/m1/s1. The molecule has 0 unspecified atom stereocenters. The SMILES string of the molecule is COc1ccc(C(=O)[C@@H](C)OC(=O)C2=NN(c3ccccc3)C(=O)CC2)cc1. The lowest BCUT2D eigenvalue weighted by Gasteiger charge is -2.23. The zero-order chi connectivity index (χ0) is 20.1. The van der Waals surface area contributed by atoms with Crippen molar-refractivity contribution in [2.24, 2.45) is 5.10 Å². The topological polar surface area (TPSA) is 85.3 Å². The Morgan fingerprint density at radius 2 is 1.71 bits per heavy atom. The van der Waals surface area contributed by atoms with E-state index in [1.54, 1.807) is 48.5 Å². The number of carbonyl (C=O) groups excluding carboxylic acids is 3. The first kappa shape index (κ1) is 19.3. The van der Waals surface area contributed by atoms with E-state index in [9.17, 15) is 14.4 Å². The number of nitrogens with zero attached hydrogens (tertiary/aromatic N) is 2. The molecule has 0 saturated heterocycles. The molecule has 1 aliphatic rings. The van der Waals surface area contributed by atoms with Crippen molar-refractivity contribution in [2.75, 3.05) is 12.1 Å². The van der Waals surface area contributed by atoms with E-state index < -0.39 is 12.1 Å². The molecule has 1 amide bonds. The molecule has 28 heavy (non-hydrogen) atoms. The molecule has 0 spiro atoms. The average molecular weight is 380 g/mol. The smallest absolute Gasteiger partial charge is 0.355 e. The molecule has 0 aliphatic carbocycles. The van der Waals surface area contributed by atoms with Crippen LogP contribution in [0.5, 0.6) is 5.75 Å². The minimum atomic E-state index is -0.980. The zero-order valence-corrected chi connectivity index (χ0v) is 15.6. The van der Waals surface area contributed by atoms with Gasteiger partial charge in [0.05, 0.1) is 12.8 Å². The summed E-state index contributed by atoms with van der Waals surface area (Å²) < 4.78 is 10.4. The molecule has 1 atom stereocenters. The van der Waals surface area contributed by atoms with Crippen LogP contribution in [0.25, 0.3) is 0 Å². The molecule has 0 saturated carbocycles. The Balaban J connectivity index is 1.70. The molecule has 2 aromatic carbocycles. The van der Waals surface area contributed by atoms with Gasteiger partial charge in [-0.15, -0.1) is 0 Å². The van der Waals surface area contributed by atoms with E-state index in [2.05, 4.69) is 5.10 Å². The van der Waals surface area contributed by atoms with Crippen LogP contribution >= 0.6 is 0 Å². The number of hydrazone groups is 1. The minimum Gasteiger partial charge on any atom is -0.497 e. The van der Waals surface area contributed by atoms with Crippen LogP contribution in [0.1, 0.15) is 30.1 Å². The third kappa shape index (κ3) is 4.25. The Morgan fingerprint density at radius 1 is 1.04 bits per heavy atom. The van der Waals surface area contributed by atoms with Crippen LogP contribution in [0, 0.1) is 0 Å². The van der Waals surface area contributed by atoms with Crippen molar-refractivity contribution >= 4 is 29.1 Å². The number of benzene rings is 2. The zero-order valence-electron chi connectivity index (χ0n) is 15.6. The van der Waals surface area contributed by atoms with E-state index in [-0.39, 0.29) is 30.2 Å². The first-order valence-corrected chi connectivity index (χ1v) is 8.84. The first-order chi connectivity index (χ1) is 13.5. The molecule has 7 nitrogen and oxygen atoms in total. The number of ether oxygens (including phenoxy) is 2. The van der Waals surface area contributed by atoms with Gasteiger partial charge in [-0.3, -0.25) is 9.59 Å². The number of carbonyl (C=O) groups is 3. The van der Waals surface area contributed by atoms with Gasteiger partial charge in [-0.25, -0.2) is 9.80 Å². The Labute approximate surface area is 162 Å². The Hall–Kier alpha value is -3.48. The number of hydrogen-bond acceptors (Lipinski definition) is 6. The lowest BCUT2D eigenvalue weighted by molar-refractivity contribution is -0.138. The molecular weight excluding hydrogens is 360 g/mol. The number of esters is 1. The number of rotatable bonds is 6. The van der Waals surface area contributed by atoms with Crippen LogP contribution in [0.3, 0.4) is 0 Å². The summed E-state index contributed by atoms with van der Waals surface area (Å²) in [6, 6.07) is 15.4. The van der Waals surface area contributed by atoms with Crippen molar-refractivity contribution in [3.8, 4) is 5.75 Å². The first-order valence-electron chi connectivity index (χ1n) is 8.84. The highest BCUT2D eigenvalue weighted by molar-refractivity contribution is 6.38. The number of para-hydroxylation sites is 1. The molecule has 0 radical (unpaired) electrons. The summed E-state index contributed by atoms with van der Waals surface area (Å²) in [5.74, 6) is -0.611. The molecule has 0 bridgehead atoms. The van der Waals surface area contributed by atoms with Crippen LogP contribution in [-0.4, -0.2) is 36.6 Å². The number of anilines is 1. The van der Waals surface area contributed by atoms with Crippen molar-refractivity contribution in [3.63, 3.8) is 0 Å². The van der Waals surface area contributed by atoms with Crippen molar-refractivity contribution < 1.29 is 23.9 Å². The van der Waals surface area contributed by atoms with Crippen molar-refractivity contribution in [1.82, 2.24) is 0 Å². The Morgan fingerprint density at radius 3 is 2.36 bits per heavy atom. The molecule has 144 valence electrons. The molecule has 1 aliphatic heterocycles. The second-order valence-electron chi connectivity index (χ2n) is 6.23. The van der Waals surface area contributed by atoms with Crippen LogP contribution in [-0.2, 0) is 14.3 Å². The molecule has 7 heteroatoms. The molecule has 0 fully saturated rings. The third-order valence-corrected chi connectivity index (χ3v) is 4.30. The lowest BCUT2D eigenvalue weighted by atomic mass is 10.1. The summed E-state index contributed by atoms with van der Waals surface area (Å²) >= 11 is 0. The lowest BCUT2D eigenvalue weighted by Crippen LogP contribution is -2.36. The summed E-state index contributed by atoms with van der Waals surface area (Å²) in [4.78, 5) is 37.1. The summed E-state index contributed by atoms with van der Waals surface area (Å²) in [7, 11) is 1.54. The molecule has 1 heterocycles. The van der Waals surface area contributed by atoms with Gasteiger partial charge in [-0.2, -0.15) is 5.10 Å². The van der Waals surface area contributed by atoms with Crippen LogP contribution in [0.15, 0.2) is 59.7 Å². The second-order valence-corrected chi connectivity index (χ2v) is 6.23. The average Bonchev–Trinajstić information content (AvgIpc) is 2.74. The predicted octanol–water partition coefficient (Wildman–Crippen LogP) is 2.99. The van der Waals surface area contributed by atoms with Crippen molar-refractivity contribution in [3.05, 3.63) is 60.2 Å². The van der Waals surface area contributed by atoms with Crippen LogP contribution in [0.2, 0.25) is 0 Å². The van der Waals surface area contributed by atoms with Gasteiger partial charge in [0.25, 0.3) is 0 Å². The maximum absolute atomic E-state index is 12.5.